The van der Waals surface area contributed by atoms with E-state index in [2.05, 4.69) is 0 Å². The summed E-state index contributed by atoms with van der Waals surface area (Å²) in [5.41, 5.74) is 7.10. The minimum Gasteiger partial charge on any atom is -0.481 e. The van der Waals surface area contributed by atoms with Crippen molar-refractivity contribution < 1.29 is 9.90 Å². The van der Waals surface area contributed by atoms with Crippen LogP contribution in [0, 0.1) is 0 Å². The highest BCUT2D eigenvalue weighted by Crippen LogP contribution is 2.07. The van der Waals surface area contributed by atoms with Crippen molar-refractivity contribution in [1.29, 1.82) is 0 Å². The van der Waals surface area contributed by atoms with Gasteiger partial charge in [0.25, 0.3) is 0 Å². The molecule has 0 saturated carbocycles. The molecule has 0 fully saturated rings. The van der Waals surface area contributed by atoms with E-state index < -0.39 is 5.97 Å². The van der Waals surface area contributed by atoms with Crippen LogP contribution < -0.4 is 5.73 Å². The van der Waals surface area contributed by atoms with Gasteiger partial charge in [-0.05, 0) is 11.1 Å². The molecule has 3 heteroatoms. The third-order valence-corrected chi connectivity index (χ3v) is 1.75. The monoisotopic (exact) mass is 191 g/mol. The zero-order valence-corrected chi connectivity index (χ0v) is 7.81. The van der Waals surface area contributed by atoms with E-state index in [1.54, 1.807) is 6.07 Å². The van der Waals surface area contributed by atoms with Gasteiger partial charge >= 0.3 is 5.97 Å². The van der Waals surface area contributed by atoms with Crippen molar-refractivity contribution >= 4 is 12.0 Å². The maximum absolute atomic E-state index is 10.5. The lowest BCUT2D eigenvalue weighted by molar-refractivity contribution is -0.136. The summed E-state index contributed by atoms with van der Waals surface area (Å²) in [7, 11) is 0. The van der Waals surface area contributed by atoms with E-state index in [1.165, 1.54) is 0 Å². The van der Waals surface area contributed by atoms with Crippen LogP contribution in [0.2, 0.25) is 0 Å². The molecule has 0 atom stereocenters. The summed E-state index contributed by atoms with van der Waals surface area (Å²) in [6.07, 6.45) is 3.77. The van der Waals surface area contributed by atoms with Gasteiger partial charge in [0.1, 0.15) is 0 Å². The maximum atomic E-state index is 10.5. The number of carboxylic acids is 1. The summed E-state index contributed by atoms with van der Waals surface area (Å²) in [5, 5.41) is 8.60. The third kappa shape index (κ3) is 3.41. The first-order valence-electron chi connectivity index (χ1n) is 4.39. The molecule has 1 aromatic rings. The predicted molar refractivity (Wildman–Crippen MR) is 55.9 cm³/mol. The molecule has 3 N–H and O–H groups in total. The Balaban J connectivity index is 2.78. The standard InChI is InChI=1S/C11H13NO2/c12-6-2-5-9-3-1-4-10(7-9)8-11(13)14/h1-5,7H,6,8,12H2,(H,13,14). The fourth-order valence-corrected chi connectivity index (χ4v) is 1.19. The summed E-state index contributed by atoms with van der Waals surface area (Å²) in [4.78, 5) is 10.5. The molecular weight excluding hydrogens is 178 g/mol. The summed E-state index contributed by atoms with van der Waals surface area (Å²) in [5.74, 6) is -0.815. The summed E-state index contributed by atoms with van der Waals surface area (Å²) < 4.78 is 0. The summed E-state index contributed by atoms with van der Waals surface area (Å²) in [6.45, 7) is 0.489. The van der Waals surface area contributed by atoms with Crippen LogP contribution in [0.25, 0.3) is 6.08 Å². The lowest BCUT2D eigenvalue weighted by Crippen LogP contribution is -1.99. The molecular formula is C11H13NO2. The molecule has 0 aliphatic heterocycles. The molecule has 0 aliphatic carbocycles. The second-order valence-electron chi connectivity index (χ2n) is 2.95. The van der Waals surface area contributed by atoms with Crippen LogP contribution in [0.4, 0.5) is 0 Å². The van der Waals surface area contributed by atoms with Gasteiger partial charge in [0.05, 0.1) is 6.42 Å². The van der Waals surface area contributed by atoms with Crippen molar-refractivity contribution in [3.05, 3.63) is 41.5 Å². The van der Waals surface area contributed by atoms with Gasteiger partial charge in [0.2, 0.25) is 0 Å². The third-order valence-electron chi connectivity index (χ3n) is 1.75. The SMILES string of the molecule is NCC=Cc1cccc(CC(=O)O)c1. The normalized spacial score (nSPS) is 10.6. The minimum atomic E-state index is -0.815. The highest BCUT2D eigenvalue weighted by Gasteiger charge is 1.99. The van der Waals surface area contributed by atoms with Crippen molar-refractivity contribution in [3.63, 3.8) is 0 Å². The zero-order chi connectivity index (χ0) is 10.4. The summed E-state index contributed by atoms with van der Waals surface area (Å²) >= 11 is 0. The first-order chi connectivity index (χ1) is 6.72. The minimum absolute atomic E-state index is 0.0598. The molecule has 0 aliphatic rings. The number of benzene rings is 1. The molecule has 14 heavy (non-hydrogen) atoms. The molecule has 1 rings (SSSR count). The van der Waals surface area contributed by atoms with E-state index in [9.17, 15) is 4.79 Å². The second kappa shape index (κ2) is 5.19. The molecule has 0 unspecified atom stereocenters. The Morgan fingerprint density at radius 1 is 1.50 bits per heavy atom. The molecule has 0 bridgehead atoms. The molecule has 0 heterocycles. The fraction of sp³-hybridized carbons (Fsp3) is 0.182. The summed E-state index contributed by atoms with van der Waals surface area (Å²) in [6, 6.07) is 7.40. The van der Waals surface area contributed by atoms with E-state index >= 15 is 0 Å². The number of rotatable bonds is 4. The van der Waals surface area contributed by atoms with Crippen LogP contribution in [-0.4, -0.2) is 17.6 Å². The van der Waals surface area contributed by atoms with Gasteiger partial charge in [-0.25, -0.2) is 0 Å². The van der Waals surface area contributed by atoms with E-state index in [4.69, 9.17) is 10.8 Å². The topological polar surface area (TPSA) is 63.3 Å². The van der Waals surface area contributed by atoms with Crippen LogP contribution >= 0.6 is 0 Å². The molecule has 0 radical (unpaired) electrons. The Morgan fingerprint density at radius 3 is 2.93 bits per heavy atom. The van der Waals surface area contributed by atoms with Gasteiger partial charge in [0.15, 0.2) is 0 Å². The number of nitrogens with two attached hydrogens (primary N) is 1. The Morgan fingerprint density at radius 2 is 2.29 bits per heavy atom. The Labute approximate surface area is 82.9 Å². The lowest BCUT2D eigenvalue weighted by Gasteiger charge is -1.98. The maximum Gasteiger partial charge on any atom is 0.307 e. The van der Waals surface area contributed by atoms with Crippen LogP contribution in [0.15, 0.2) is 30.3 Å². The number of aliphatic carboxylic acids is 1. The van der Waals surface area contributed by atoms with Crippen molar-refractivity contribution in [2.45, 2.75) is 6.42 Å². The average Bonchev–Trinajstić information content (AvgIpc) is 2.14. The van der Waals surface area contributed by atoms with Crippen molar-refractivity contribution in [2.24, 2.45) is 5.73 Å². The van der Waals surface area contributed by atoms with Crippen LogP contribution in [-0.2, 0) is 11.2 Å². The van der Waals surface area contributed by atoms with Gasteiger partial charge in [-0.15, -0.1) is 0 Å². The molecule has 74 valence electrons. The molecule has 3 nitrogen and oxygen atoms in total. The zero-order valence-electron chi connectivity index (χ0n) is 7.81. The highest BCUT2D eigenvalue weighted by molar-refractivity contribution is 5.70. The van der Waals surface area contributed by atoms with Crippen molar-refractivity contribution in [3.8, 4) is 0 Å². The van der Waals surface area contributed by atoms with E-state index in [0.717, 1.165) is 11.1 Å². The van der Waals surface area contributed by atoms with Crippen LogP contribution in [0.1, 0.15) is 11.1 Å². The molecule has 0 saturated heterocycles. The molecule has 0 spiro atoms. The van der Waals surface area contributed by atoms with Crippen molar-refractivity contribution in [1.82, 2.24) is 0 Å². The molecule has 0 aromatic heterocycles. The lowest BCUT2D eigenvalue weighted by atomic mass is 10.1. The van der Waals surface area contributed by atoms with E-state index in [1.807, 2.05) is 30.4 Å². The number of carboxylic acid groups (broad SMARTS) is 1. The smallest absolute Gasteiger partial charge is 0.307 e. The predicted octanol–water partition coefficient (Wildman–Crippen LogP) is 1.29. The first kappa shape index (κ1) is 10.5. The van der Waals surface area contributed by atoms with Gasteiger partial charge < -0.3 is 10.8 Å². The molecule has 0 amide bonds. The Kier molecular flexibility index (Phi) is 3.88. The average molecular weight is 191 g/mol. The van der Waals surface area contributed by atoms with E-state index in [-0.39, 0.29) is 6.42 Å². The van der Waals surface area contributed by atoms with Crippen LogP contribution in [0.3, 0.4) is 0 Å². The largest absolute Gasteiger partial charge is 0.481 e. The first-order valence-corrected chi connectivity index (χ1v) is 4.39. The van der Waals surface area contributed by atoms with Gasteiger partial charge in [-0.3, -0.25) is 4.79 Å². The molecule has 1 aromatic carbocycles. The van der Waals surface area contributed by atoms with Crippen LogP contribution in [0.5, 0.6) is 0 Å². The Bertz CT molecular complexity index is 345. The van der Waals surface area contributed by atoms with Gasteiger partial charge in [0, 0.05) is 6.54 Å². The number of hydrogen-bond donors (Lipinski definition) is 2. The van der Waals surface area contributed by atoms with E-state index in [0.29, 0.717) is 6.54 Å². The number of hydrogen-bond acceptors (Lipinski definition) is 2. The van der Waals surface area contributed by atoms with Gasteiger partial charge in [-0.1, -0.05) is 36.4 Å². The fourth-order valence-electron chi connectivity index (χ4n) is 1.19. The second-order valence-corrected chi connectivity index (χ2v) is 2.95. The van der Waals surface area contributed by atoms with Gasteiger partial charge in [-0.2, -0.15) is 0 Å². The highest BCUT2D eigenvalue weighted by atomic mass is 16.4. The Hall–Kier alpha value is -1.61. The van der Waals surface area contributed by atoms with Crippen molar-refractivity contribution in [2.75, 3.05) is 6.54 Å². The number of carbonyl (C=O) groups is 1. The quantitative estimate of drug-likeness (QED) is 0.753.